The zero-order chi connectivity index (χ0) is 19.6. The summed E-state index contributed by atoms with van der Waals surface area (Å²) in [6.07, 6.45) is -0.773. The number of non-ortho nitro benzene ring substituents is 1. The number of benzene rings is 2. The fourth-order valence-electron chi connectivity index (χ4n) is 2.84. The van der Waals surface area contributed by atoms with Gasteiger partial charge in [0.15, 0.2) is 0 Å². The van der Waals surface area contributed by atoms with Crippen molar-refractivity contribution in [3.63, 3.8) is 0 Å². The van der Waals surface area contributed by atoms with Crippen molar-refractivity contribution in [3.8, 4) is 0 Å². The summed E-state index contributed by atoms with van der Waals surface area (Å²) in [5.74, 6) is -0.537. The Bertz CT molecular complexity index is 1090. The number of esters is 1. The molecule has 1 aromatic heterocycles. The second kappa shape index (κ2) is 7.36. The highest BCUT2D eigenvalue weighted by molar-refractivity contribution is 5.86. The normalized spacial score (nSPS) is 11.9. The molecule has 0 unspecified atom stereocenters. The summed E-state index contributed by atoms with van der Waals surface area (Å²) in [7, 11) is 1.52. The van der Waals surface area contributed by atoms with Crippen LogP contribution in [0.3, 0.4) is 0 Å². The largest absolute Gasteiger partial charge is 0.457 e. The van der Waals surface area contributed by atoms with E-state index in [2.05, 4.69) is 5.10 Å². The van der Waals surface area contributed by atoms with Crippen molar-refractivity contribution >= 4 is 22.4 Å². The molecule has 138 valence electrons. The molecule has 3 rings (SSSR count). The molecule has 1 heterocycles. The quantitative estimate of drug-likeness (QED) is 0.390. The number of ether oxygens (including phenoxy) is 1. The summed E-state index contributed by atoms with van der Waals surface area (Å²) in [6.45, 7) is 1.64. The predicted octanol–water partition coefficient (Wildman–Crippen LogP) is 2.69. The highest BCUT2D eigenvalue weighted by Gasteiger charge is 2.18. The monoisotopic (exact) mass is 367 g/mol. The fraction of sp³-hybridized carbons (Fsp3) is 0.211. The molecule has 0 aliphatic rings. The lowest BCUT2D eigenvalue weighted by atomic mass is 10.1. The molecule has 0 amide bonds. The van der Waals surface area contributed by atoms with Gasteiger partial charge in [0.2, 0.25) is 0 Å². The van der Waals surface area contributed by atoms with Crippen molar-refractivity contribution in [1.82, 2.24) is 9.78 Å². The van der Waals surface area contributed by atoms with Crippen LogP contribution in [0, 0.1) is 10.1 Å². The van der Waals surface area contributed by atoms with Gasteiger partial charge >= 0.3 is 5.97 Å². The Hall–Kier alpha value is -3.55. The lowest BCUT2D eigenvalue weighted by Gasteiger charge is -2.14. The molecule has 3 aromatic rings. The zero-order valence-corrected chi connectivity index (χ0v) is 14.8. The van der Waals surface area contributed by atoms with Crippen LogP contribution in [0.5, 0.6) is 0 Å². The second-order valence-corrected chi connectivity index (χ2v) is 6.08. The Balaban J connectivity index is 1.81. The van der Waals surface area contributed by atoms with Crippen LogP contribution in [-0.4, -0.2) is 20.7 Å². The first-order valence-electron chi connectivity index (χ1n) is 8.25. The molecule has 0 aliphatic carbocycles. The van der Waals surface area contributed by atoms with Crippen LogP contribution in [0.15, 0.2) is 53.3 Å². The molecular formula is C19H17N3O5. The van der Waals surface area contributed by atoms with E-state index in [1.54, 1.807) is 43.3 Å². The van der Waals surface area contributed by atoms with E-state index in [4.69, 9.17) is 4.74 Å². The van der Waals surface area contributed by atoms with E-state index in [1.807, 2.05) is 0 Å². The number of aryl methyl sites for hydroxylation is 1. The van der Waals surface area contributed by atoms with Gasteiger partial charge in [0.25, 0.3) is 11.2 Å². The van der Waals surface area contributed by atoms with E-state index in [0.717, 1.165) is 0 Å². The molecule has 0 aliphatic heterocycles. The van der Waals surface area contributed by atoms with Crippen molar-refractivity contribution in [1.29, 1.82) is 0 Å². The number of nitro benzene ring substituents is 1. The first-order chi connectivity index (χ1) is 12.9. The van der Waals surface area contributed by atoms with Gasteiger partial charge in [-0.2, -0.15) is 5.10 Å². The molecule has 0 saturated carbocycles. The summed E-state index contributed by atoms with van der Waals surface area (Å²) < 4.78 is 6.59. The van der Waals surface area contributed by atoms with Gasteiger partial charge in [0.05, 0.1) is 22.4 Å². The Morgan fingerprint density at radius 2 is 1.93 bits per heavy atom. The maximum absolute atomic E-state index is 12.4. The third kappa shape index (κ3) is 3.84. The van der Waals surface area contributed by atoms with Crippen molar-refractivity contribution in [2.24, 2.45) is 7.05 Å². The predicted molar refractivity (Wildman–Crippen MR) is 98.3 cm³/mol. The number of nitro groups is 1. The van der Waals surface area contributed by atoms with Crippen molar-refractivity contribution in [3.05, 3.63) is 80.3 Å². The van der Waals surface area contributed by atoms with E-state index in [1.165, 1.54) is 23.9 Å². The number of aromatic nitrogens is 2. The number of rotatable bonds is 5. The molecule has 8 heteroatoms. The average molecular weight is 367 g/mol. The molecule has 0 spiro atoms. The maximum Gasteiger partial charge on any atom is 0.312 e. The second-order valence-electron chi connectivity index (χ2n) is 6.08. The highest BCUT2D eigenvalue weighted by Crippen LogP contribution is 2.22. The number of nitrogens with zero attached hydrogens (tertiary/aromatic N) is 3. The van der Waals surface area contributed by atoms with Gasteiger partial charge in [-0.15, -0.1) is 0 Å². The number of carbonyl (C=O) groups excluding carboxylic acids is 1. The van der Waals surface area contributed by atoms with Gasteiger partial charge in [0, 0.05) is 24.6 Å². The molecule has 1 atom stereocenters. The third-order valence-corrected chi connectivity index (χ3v) is 4.20. The first kappa shape index (κ1) is 18.2. The summed E-state index contributed by atoms with van der Waals surface area (Å²) in [6, 6.07) is 12.9. The molecule has 0 fully saturated rings. The maximum atomic E-state index is 12.4. The topological polar surface area (TPSA) is 104 Å². The van der Waals surface area contributed by atoms with Crippen LogP contribution >= 0.6 is 0 Å². The average Bonchev–Trinajstić information content (AvgIpc) is 2.66. The number of hydrogen-bond donors (Lipinski definition) is 0. The van der Waals surface area contributed by atoms with Crippen LogP contribution in [0.4, 0.5) is 5.69 Å². The number of carbonyl (C=O) groups is 1. The van der Waals surface area contributed by atoms with Crippen molar-refractivity contribution < 1.29 is 14.5 Å². The van der Waals surface area contributed by atoms with Gasteiger partial charge in [-0.05, 0) is 18.6 Å². The number of fused-ring (bicyclic) bond motifs is 1. The highest BCUT2D eigenvalue weighted by atomic mass is 16.6. The fourth-order valence-corrected chi connectivity index (χ4v) is 2.84. The minimum absolute atomic E-state index is 0.0684. The van der Waals surface area contributed by atoms with E-state index < -0.39 is 17.0 Å². The Kier molecular flexibility index (Phi) is 4.98. The minimum atomic E-state index is -0.656. The van der Waals surface area contributed by atoms with Crippen LogP contribution in [0.2, 0.25) is 0 Å². The lowest BCUT2D eigenvalue weighted by molar-refractivity contribution is -0.385. The van der Waals surface area contributed by atoms with Crippen LogP contribution < -0.4 is 5.56 Å². The Morgan fingerprint density at radius 1 is 1.22 bits per heavy atom. The summed E-state index contributed by atoms with van der Waals surface area (Å²) in [5, 5.41) is 16.1. The van der Waals surface area contributed by atoms with E-state index in [9.17, 15) is 19.7 Å². The molecule has 0 N–H and O–H groups in total. The van der Waals surface area contributed by atoms with Crippen LogP contribution in [-0.2, 0) is 23.0 Å². The smallest absolute Gasteiger partial charge is 0.312 e. The third-order valence-electron chi connectivity index (χ3n) is 4.20. The van der Waals surface area contributed by atoms with Gasteiger partial charge in [0.1, 0.15) is 6.10 Å². The van der Waals surface area contributed by atoms with Gasteiger partial charge < -0.3 is 4.74 Å². The Labute approximate surface area is 154 Å². The molecule has 2 aromatic carbocycles. The SMILES string of the molecule is C[C@H](OC(=O)Cc1nn(C)c(=O)c2ccccc12)c1cccc([N+](=O)[O-])c1. The summed E-state index contributed by atoms with van der Waals surface area (Å²) in [5.41, 5.74) is 0.647. The summed E-state index contributed by atoms with van der Waals surface area (Å²) in [4.78, 5) is 34.9. The Morgan fingerprint density at radius 3 is 2.63 bits per heavy atom. The standard InChI is InChI=1S/C19H17N3O5/c1-12(13-6-5-7-14(10-13)22(25)26)27-18(23)11-17-15-8-3-4-9-16(15)19(24)21(2)20-17/h3-10,12H,11H2,1-2H3/t12-/m0/s1. The molecule has 27 heavy (non-hydrogen) atoms. The van der Waals surface area contributed by atoms with Crippen LogP contribution in [0.25, 0.3) is 10.8 Å². The van der Waals surface area contributed by atoms with Crippen molar-refractivity contribution in [2.75, 3.05) is 0 Å². The van der Waals surface area contributed by atoms with Gasteiger partial charge in [-0.25, -0.2) is 4.68 Å². The lowest BCUT2D eigenvalue weighted by Crippen LogP contribution is -2.23. The molecule has 0 bridgehead atoms. The van der Waals surface area contributed by atoms with E-state index in [0.29, 0.717) is 22.0 Å². The van der Waals surface area contributed by atoms with Crippen molar-refractivity contribution in [2.45, 2.75) is 19.4 Å². The molecular weight excluding hydrogens is 350 g/mol. The summed E-state index contributed by atoms with van der Waals surface area (Å²) >= 11 is 0. The van der Waals surface area contributed by atoms with Gasteiger partial charge in [-0.3, -0.25) is 19.7 Å². The minimum Gasteiger partial charge on any atom is -0.457 e. The van der Waals surface area contributed by atoms with E-state index in [-0.39, 0.29) is 17.7 Å². The molecule has 0 saturated heterocycles. The molecule has 0 radical (unpaired) electrons. The van der Waals surface area contributed by atoms with Gasteiger partial charge in [-0.1, -0.05) is 30.3 Å². The first-order valence-corrected chi connectivity index (χ1v) is 8.25. The molecule has 8 nitrogen and oxygen atoms in total. The van der Waals surface area contributed by atoms with E-state index >= 15 is 0 Å². The zero-order valence-electron chi connectivity index (χ0n) is 14.8. The van der Waals surface area contributed by atoms with Crippen LogP contribution in [0.1, 0.15) is 24.3 Å². The number of hydrogen-bond acceptors (Lipinski definition) is 6.